The topological polar surface area (TPSA) is 161 Å². The van der Waals surface area contributed by atoms with Crippen molar-refractivity contribution in [2.24, 2.45) is 0 Å². The van der Waals surface area contributed by atoms with Gasteiger partial charge in [-0.25, -0.2) is 0 Å². The van der Waals surface area contributed by atoms with Crippen molar-refractivity contribution in [1.82, 2.24) is 0 Å². The van der Waals surface area contributed by atoms with E-state index in [-0.39, 0.29) is 23.3 Å². The Kier molecular flexibility index (Phi) is 50.0. The summed E-state index contributed by atoms with van der Waals surface area (Å²) in [5.41, 5.74) is 0. The van der Waals surface area contributed by atoms with Crippen LogP contribution in [0.3, 0.4) is 0 Å². The van der Waals surface area contributed by atoms with Crippen LogP contribution in [-0.4, -0.2) is 66.4 Å². The highest BCUT2D eigenvalue weighted by Crippen LogP contribution is 2.27. The van der Waals surface area contributed by atoms with Gasteiger partial charge in [0.25, 0.3) is 0 Å². The number of benzene rings is 15. The van der Waals surface area contributed by atoms with Crippen molar-refractivity contribution in [1.29, 1.82) is 0 Å². The molecule has 0 spiro atoms. The number of carbonyl (C=O) groups excluding carboxylic acids is 3. The van der Waals surface area contributed by atoms with Gasteiger partial charge in [0.15, 0.2) is 0 Å². The fourth-order valence-electron chi connectivity index (χ4n) is 9.56. The monoisotopic (exact) mass is 1390 g/mol. The van der Waals surface area contributed by atoms with Crippen LogP contribution in [-0.2, 0) is 23.9 Å². The van der Waals surface area contributed by atoms with Gasteiger partial charge in [-0.1, -0.05) is 318 Å². The highest BCUT2D eigenvalue weighted by Gasteiger charge is 2.00. The number of carbonyl (C=O) groups is 4. The molecule has 0 radical (unpaired) electrons. The lowest BCUT2D eigenvalue weighted by molar-refractivity contribution is -0.140. The molecule has 0 fully saturated rings. The van der Waals surface area contributed by atoms with E-state index in [4.69, 9.17) is 14.7 Å². The molecule has 0 aliphatic rings. The van der Waals surface area contributed by atoms with Crippen molar-refractivity contribution < 1.29 is 40.0 Å². The Labute approximate surface area is 610 Å². The molecule has 0 amide bonds. The number of fused-ring (bicyclic) bond motifs is 10. The van der Waals surface area contributed by atoms with E-state index < -0.39 is 5.97 Å². The molecule has 10 heteroatoms. The van der Waals surface area contributed by atoms with E-state index in [1.54, 1.807) is 13.8 Å². The Morgan fingerprint density at radius 1 is 0.317 bits per heavy atom. The quantitative estimate of drug-likeness (QED) is 0.101. The minimum atomic E-state index is -0.745. The van der Waals surface area contributed by atoms with Crippen LogP contribution < -0.4 is 0 Å². The van der Waals surface area contributed by atoms with Gasteiger partial charge in [0.2, 0.25) is 0 Å². The Hall–Kier alpha value is -10.2. The standard InChI is InChI=1S/5C14H10.C4H8O2.C3H6O2.C3H8S.C3H8.C2H6S.2C2H6.2CH2O.2H2O/c5*1-2-6-12-10-14-8-4-3-7-13(14)9-11(12)5-1;1-3-4(5)6-2;1-2-3(4)5;1-3-4-2;1-3-2;1-2-3;4*1-2;;/h5*1-10H;3H2,1-2H3;2H2,1H3,(H,4,5);3H2,1-2H3;3H2,1-2H3;3H,2H2,1H3;2*1-2H3;2*1H2;2*1H2. The minimum absolute atomic E-state index is 0. The Morgan fingerprint density at radius 3 is 0.446 bits per heavy atom. The smallest absolute Gasteiger partial charge is 0.305 e. The van der Waals surface area contributed by atoms with Gasteiger partial charge in [-0.2, -0.15) is 24.4 Å². The molecule has 8 nitrogen and oxygen atoms in total. The zero-order valence-electron chi connectivity index (χ0n) is 61.2. The van der Waals surface area contributed by atoms with Crippen molar-refractivity contribution in [2.75, 3.05) is 24.9 Å². The summed E-state index contributed by atoms with van der Waals surface area (Å²) in [5.74, 6) is 1.28. The molecule has 0 heterocycles. The predicted molar refractivity (Wildman–Crippen MR) is 451 cm³/mol. The summed E-state index contributed by atoms with van der Waals surface area (Å²) in [6.07, 6.45) is 4.04. The maximum Gasteiger partial charge on any atom is 0.305 e. The molecule has 15 aromatic rings. The van der Waals surface area contributed by atoms with Crippen LogP contribution in [0.25, 0.3) is 108 Å². The summed E-state index contributed by atoms with van der Waals surface area (Å²) >= 11 is 5.65. The summed E-state index contributed by atoms with van der Waals surface area (Å²) in [5, 5.41) is 33.9. The van der Waals surface area contributed by atoms with Crippen LogP contribution in [0, 0.1) is 0 Å². The lowest BCUT2D eigenvalue weighted by Crippen LogP contribution is -1.94. The van der Waals surface area contributed by atoms with E-state index >= 15 is 0 Å². The second-order valence-corrected chi connectivity index (χ2v) is 22.8. The van der Waals surface area contributed by atoms with Gasteiger partial charge in [0, 0.05) is 12.8 Å². The summed E-state index contributed by atoms with van der Waals surface area (Å²) in [6, 6.07) is 107. The molecule has 0 saturated carbocycles. The zero-order chi connectivity index (χ0) is 73.0. The second-order valence-electron chi connectivity index (χ2n) is 21.0. The van der Waals surface area contributed by atoms with Crippen LogP contribution in [0.2, 0.25) is 0 Å². The van der Waals surface area contributed by atoms with E-state index in [9.17, 15) is 9.59 Å². The van der Waals surface area contributed by atoms with Gasteiger partial charge in [-0.05, 0) is 186 Å². The summed E-state index contributed by atoms with van der Waals surface area (Å²) < 4.78 is 4.26. The molecule has 101 heavy (non-hydrogen) atoms. The second kappa shape index (κ2) is 55.7. The predicted octanol–water partition coefficient (Wildman–Crippen LogP) is 24.8. The third-order valence-electron chi connectivity index (χ3n) is 14.2. The van der Waals surface area contributed by atoms with Crippen LogP contribution in [0.4, 0.5) is 0 Å². The first-order valence-corrected chi connectivity index (χ1v) is 35.9. The van der Waals surface area contributed by atoms with Gasteiger partial charge in [-0.15, -0.1) is 0 Å². The fourth-order valence-corrected chi connectivity index (χ4v) is 9.56. The van der Waals surface area contributed by atoms with Crippen molar-refractivity contribution in [3.63, 3.8) is 0 Å². The van der Waals surface area contributed by atoms with Crippen molar-refractivity contribution >= 4 is 158 Å². The lowest BCUT2D eigenvalue weighted by Gasteiger charge is -2.00. The van der Waals surface area contributed by atoms with Crippen molar-refractivity contribution in [2.45, 2.75) is 88.5 Å². The number of aliphatic carboxylic acids is 1. The maximum absolute atomic E-state index is 9.96. The molecule has 0 atom stereocenters. The Balaban J connectivity index is 0.00000113. The Morgan fingerprint density at radius 2 is 0.406 bits per heavy atom. The molecule has 0 bridgehead atoms. The van der Waals surface area contributed by atoms with E-state index in [1.807, 2.05) is 60.0 Å². The van der Waals surface area contributed by atoms with Crippen LogP contribution in [0.15, 0.2) is 303 Å². The molecular formula is C91H106O8S2. The van der Waals surface area contributed by atoms with Crippen molar-refractivity contribution in [3.05, 3.63) is 303 Å². The van der Waals surface area contributed by atoms with Crippen LogP contribution >= 0.6 is 24.4 Å². The minimum Gasteiger partial charge on any atom is -0.481 e. The lowest BCUT2D eigenvalue weighted by atomic mass is 10.0. The van der Waals surface area contributed by atoms with E-state index in [0.29, 0.717) is 6.42 Å². The van der Waals surface area contributed by atoms with Crippen molar-refractivity contribution in [3.8, 4) is 0 Å². The number of methoxy groups -OCH3 is 1. The van der Waals surface area contributed by atoms with Gasteiger partial charge >= 0.3 is 11.9 Å². The molecule has 15 rings (SSSR count). The summed E-state index contributed by atoms with van der Waals surface area (Å²) in [6.45, 7) is 23.7. The average Bonchev–Trinajstić information content (AvgIpc) is 0.850. The molecule has 0 saturated heterocycles. The number of thiol groups is 1. The third kappa shape index (κ3) is 32.1. The Bertz CT molecular complexity index is 3530. The third-order valence-corrected chi connectivity index (χ3v) is 14.8. The highest BCUT2D eigenvalue weighted by molar-refractivity contribution is 7.98. The number of thioether (sulfide) groups is 1. The molecule has 530 valence electrons. The zero-order valence-corrected chi connectivity index (χ0v) is 62.9. The molecule has 0 aliphatic heterocycles. The molecular weight excluding hydrogens is 1290 g/mol. The average molecular weight is 1390 g/mol. The summed E-state index contributed by atoms with van der Waals surface area (Å²) in [7, 11) is 1.38. The molecule has 0 unspecified atom stereocenters. The maximum atomic E-state index is 9.96. The molecule has 0 aromatic heterocycles. The first-order valence-electron chi connectivity index (χ1n) is 33.8. The number of carboxylic acids is 1. The highest BCUT2D eigenvalue weighted by atomic mass is 32.2. The first-order chi connectivity index (χ1) is 48.5. The van der Waals surface area contributed by atoms with Gasteiger partial charge in [-0.3, -0.25) is 9.59 Å². The SMILES string of the molecule is C=O.C=O.CC.CC.CCC.CCC(=O)O.CCC(=O)OC.CCS.CCSC.O.O.c1ccc2cc3ccccc3cc2c1.c1ccc2cc3ccccc3cc2c1.c1ccc2cc3ccccc3cc2c1.c1ccc2cc3ccccc3cc2c1.c1ccc2cc3ccccc3cc2c1. The number of esters is 1. The number of rotatable bonds is 3. The number of hydrogen-bond acceptors (Lipinski definition) is 7. The number of carboxylic acid groups (broad SMARTS) is 1. The van der Waals surface area contributed by atoms with Gasteiger partial charge in [0.1, 0.15) is 13.6 Å². The van der Waals surface area contributed by atoms with E-state index in [1.165, 1.54) is 127 Å². The molecule has 0 aliphatic carbocycles. The number of ether oxygens (including phenoxy) is 1. The van der Waals surface area contributed by atoms with Crippen LogP contribution in [0.1, 0.15) is 88.5 Å². The molecule has 5 N–H and O–H groups in total. The molecule has 15 aromatic carbocycles. The summed E-state index contributed by atoms with van der Waals surface area (Å²) in [4.78, 5) is 35.3. The van der Waals surface area contributed by atoms with Crippen LogP contribution in [0.5, 0.6) is 0 Å². The largest absolute Gasteiger partial charge is 0.481 e. The van der Waals surface area contributed by atoms with E-state index in [0.717, 1.165) is 5.75 Å². The van der Waals surface area contributed by atoms with Gasteiger partial charge < -0.3 is 30.4 Å². The van der Waals surface area contributed by atoms with E-state index in [2.05, 4.69) is 348 Å². The normalized spacial score (nSPS) is 9.20. The van der Waals surface area contributed by atoms with Gasteiger partial charge in [0.05, 0.1) is 7.11 Å². The fraction of sp³-hybridized carbons (Fsp3) is 0.187. The first kappa shape index (κ1) is 90.8. The number of hydrogen-bond donors (Lipinski definition) is 2.